The van der Waals surface area contributed by atoms with E-state index in [1.807, 2.05) is 6.92 Å². The van der Waals surface area contributed by atoms with Gasteiger partial charge in [0, 0.05) is 11.9 Å². The summed E-state index contributed by atoms with van der Waals surface area (Å²) in [6.07, 6.45) is 0.677. The molecule has 0 saturated heterocycles. The average molecular weight is 250 g/mol. The molecule has 0 fully saturated rings. The zero-order valence-electron chi connectivity index (χ0n) is 8.47. The van der Waals surface area contributed by atoms with E-state index in [4.69, 9.17) is 21.4 Å². The molecule has 1 rings (SSSR count). The molecule has 0 aliphatic rings. The molecule has 84 valence electrons. The third kappa shape index (κ3) is 4.19. The van der Waals surface area contributed by atoms with Crippen LogP contribution in [0.5, 0.6) is 6.01 Å². The summed E-state index contributed by atoms with van der Waals surface area (Å²) in [5.41, 5.74) is 0. The Bertz CT molecular complexity index is 327. The molecule has 1 heterocycles. The van der Waals surface area contributed by atoms with Gasteiger partial charge in [-0.05, 0) is 18.0 Å². The third-order valence-electron chi connectivity index (χ3n) is 1.59. The highest BCUT2D eigenvalue weighted by Crippen LogP contribution is 2.23. The molecule has 0 aromatic carbocycles. The summed E-state index contributed by atoms with van der Waals surface area (Å²) < 4.78 is 4.87. The molecule has 0 aliphatic carbocycles. The average Bonchev–Trinajstić information content (AvgIpc) is 2.17. The molecule has 1 N–H and O–H groups in total. The van der Waals surface area contributed by atoms with Gasteiger partial charge in [-0.3, -0.25) is 0 Å². The normalized spacial score (nSPS) is 12.5. The minimum absolute atomic E-state index is 0.112. The van der Waals surface area contributed by atoms with Crippen molar-refractivity contribution in [1.82, 2.24) is 15.0 Å². The van der Waals surface area contributed by atoms with Crippen LogP contribution in [0.15, 0.2) is 5.16 Å². The second-order valence-corrected chi connectivity index (χ2v) is 4.56. The Balaban J connectivity index is 2.71. The molecule has 0 spiro atoms. The highest BCUT2D eigenvalue weighted by Gasteiger charge is 2.09. The van der Waals surface area contributed by atoms with E-state index in [9.17, 15) is 0 Å². The Morgan fingerprint density at radius 3 is 2.80 bits per heavy atom. The van der Waals surface area contributed by atoms with Crippen molar-refractivity contribution in [3.05, 3.63) is 5.28 Å². The van der Waals surface area contributed by atoms with Gasteiger partial charge in [0.25, 0.3) is 0 Å². The maximum atomic E-state index is 8.75. The number of hydrogen-bond acceptors (Lipinski definition) is 6. The molecule has 1 unspecified atom stereocenters. The van der Waals surface area contributed by atoms with Gasteiger partial charge in [0.15, 0.2) is 5.16 Å². The summed E-state index contributed by atoms with van der Waals surface area (Å²) in [4.78, 5) is 11.7. The van der Waals surface area contributed by atoms with E-state index in [0.29, 0.717) is 11.6 Å². The number of aliphatic hydroxyl groups excluding tert-OH is 1. The van der Waals surface area contributed by atoms with Crippen LogP contribution in [0.1, 0.15) is 13.3 Å². The molecule has 15 heavy (non-hydrogen) atoms. The summed E-state index contributed by atoms with van der Waals surface area (Å²) in [7, 11) is 1.47. The lowest BCUT2D eigenvalue weighted by Crippen LogP contribution is -2.03. The van der Waals surface area contributed by atoms with Crippen LogP contribution in [0.3, 0.4) is 0 Å². The quantitative estimate of drug-likeness (QED) is 0.796. The topological polar surface area (TPSA) is 68.1 Å². The van der Waals surface area contributed by atoms with Crippen LogP contribution >= 0.6 is 23.4 Å². The Labute approximate surface area is 97.2 Å². The van der Waals surface area contributed by atoms with Crippen molar-refractivity contribution >= 4 is 23.4 Å². The zero-order valence-corrected chi connectivity index (χ0v) is 10.0. The minimum atomic E-state index is 0.112. The molecule has 5 nitrogen and oxygen atoms in total. The summed E-state index contributed by atoms with van der Waals surface area (Å²) in [6.45, 7) is 2.12. The number of aliphatic hydroxyl groups is 1. The molecule has 0 aliphatic heterocycles. The van der Waals surface area contributed by atoms with Gasteiger partial charge in [-0.25, -0.2) is 0 Å². The van der Waals surface area contributed by atoms with E-state index < -0.39 is 0 Å². The second-order valence-electron chi connectivity index (χ2n) is 2.81. The highest BCUT2D eigenvalue weighted by molar-refractivity contribution is 7.99. The van der Waals surface area contributed by atoms with Crippen molar-refractivity contribution in [3.63, 3.8) is 0 Å². The monoisotopic (exact) mass is 249 g/mol. The first kappa shape index (κ1) is 12.5. The van der Waals surface area contributed by atoms with Crippen molar-refractivity contribution < 1.29 is 9.84 Å². The molecular formula is C8H12ClN3O2S. The van der Waals surface area contributed by atoms with Gasteiger partial charge in [0.1, 0.15) is 0 Å². The van der Waals surface area contributed by atoms with Gasteiger partial charge >= 0.3 is 6.01 Å². The predicted molar refractivity (Wildman–Crippen MR) is 58.4 cm³/mol. The van der Waals surface area contributed by atoms with Crippen molar-refractivity contribution in [2.45, 2.75) is 23.8 Å². The lowest BCUT2D eigenvalue weighted by Gasteiger charge is -2.08. The van der Waals surface area contributed by atoms with Crippen LogP contribution in [0.25, 0.3) is 0 Å². The maximum Gasteiger partial charge on any atom is 0.321 e. The van der Waals surface area contributed by atoms with E-state index in [-0.39, 0.29) is 23.2 Å². The number of ether oxygens (including phenoxy) is 1. The number of nitrogens with zero attached hydrogens (tertiary/aromatic N) is 3. The first-order chi connectivity index (χ1) is 7.15. The van der Waals surface area contributed by atoms with E-state index in [1.165, 1.54) is 18.9 Å². The van der Waals surface area contributed by atoms with Gasteiger partial charge in [0.2, 0.25) is 5.28 Å². The van der Waals surface area contributed by atoms with Gasteiger partial charge in [0.05, 0.1) is 7.11 Å². The Morgan fingerprint density at radius 2 is 2.20 bits per heavy atom. The van der Waals surface area contributed by atoms with E-state index in [0.717, 1.165) is 0 Å². The summed E-state index contributed by atoms with van der Waals surface area (Å²) >= 11 is 7.11. The van der Waals surface area contributed by atoms with E-state index in [2.05, 4.69) is 15.0 Å². The molecule has 1 atom stereocenters. The molecule has 0 bridgehead atoms. The summed E-state index contributed by atoms with van der Waals surface area (Å²) in [5, 5.41) is 9.59. The number of halogens is 1. The first-order valence-electron chi connectivity index (χ1n) is 4.38. The second kappa shape index (κ2) is 6.09. The highest BCUT2D eigenvalue weighted by atomic mass is 35.5. The molecule has 0 radical (unpaired) electrons. The Morgan fingerprint density at radius 1 is 1.47 bits per heavy atom. The van der Waals surface area contributed by atoms with Crippen molar-refractivity contribution in [2.75, 3.05) is 13.7 Å². The SMILES string of the molecule is COc1nc(Cl)nc(SC(C)CCO)n1. The van der Waals surface area contributed by atoms with Crippen LogP contribution in [-0.4, -0.2) is 39.0 Å². The lowest BCUT2D eigenvalue weighted by atomic mass is 10.4. The first-order valence-corrected chi connectivity index (χ1v) is 5.64. The molecule has 1 aromatic rings. The minimum Gasteiger partial charge on any atom is -0.467 e. The van der Waals surface area contributed by atoms with Crippen LogP contribution in [0.2, 0.25) is 5.28 Å². The number of rotatable bonds is 5. The van der Waals surface area contributed by atoms with Gasteiger partial charge in [-0.1, -0.05) is 18.7 Å². The smallest absolute Gasteiger partial charge is 0.321 e. The van der Waals surface area contributed by atoms with E-state index >= 15 is 0 Å². The maximum absolute atomic E-state index is 8.75. The van der Waals surface area contributed by atoms with E-state index in [1.54, 1.807) is 0 Å². The van der Waals surface area contributed by atoms with Crippen LogP contribution in [-0.2, 0) is 0 Å². The van der Waals surface area contributed by atoms with Gasteiger partial charge < -0.3 is 9.84 Å². The molecule has 0 saturated carbocycles. The molecule has 0 amide bonds. The Hall–Kier alpha value is -0.590. The van der Waals surface area contributed by atoms with Crippen molar-refractivity contribution in [2.24, 2.45) is 0 Å². The standard InChI is InChI=1S/C8H12ClN3O2S/c1-5(3-4-13)15-8-11-6(9)10-7(12-8)14-2/h5,13H,3-4H2,1-2H3. The third-order valence-corrected chi connectivity index (χ3v) is 2.79. The van der Waals surface area contributed by atoms with Gasteiger partial charge in [-0.2, -0.15) is 15.0 Å². The fraction of sp³-hybridized carbons (Fsp3) is 0.625. The molecular weight excluding hydrogens is 238 g/mol. The Kier molecular flexibility index (Phi) is 5.07. The summed E-state index contributed by atoms with van der Waals surface area (Å²) in [6, 6.07) is 0.202. The number of aromatic nitrogens is 3. The molecule has 7 heteroatoms. The van der Waals surface area contributed by atoms with Crippen LogP contribution < -0.4 is 4.74 Å². The van der Waals surface area contributed by atoms with Crippen LogP contribution in [0.4, 0.5) is 0 Å². The lowest BCUT2D eigenvalue weighted by molar-refractivity contribution is 0.289. The summed E-state index contributed by atoms with van der Waals surface area (Å²) in [5.74, 6) is 0. The fourth-order valence-corrected chi connectivity index (χ4v) is 1.93. The zero-order chi connectivity index (χ0) is 11.3. The van der Waals surface area contributed by atoms with Crippen molar-refractivity contribution in [1.29, 1.82) is 0 Å². The largest absolute Gasteiger partial charge is 0.467 e. The van der Waals surface area contributed by atoms with Crippen molar-refractivity contribution in [3.8, 4) is 6.01 Å². The fourth-order valence-electron chi connectivity index (χ4n) is 0.879. The number of hydrogen-bond donors (Lipinski definition) is 1. The number of thioether (sulfide) groups is 1. The molecule has 1 aromatic heterocycles. The number of methoxy groups -OCH3 is 1. The van der Waals surface area contributed by atoms with Crippen LogP contribution in [0, 0.1) is 0 Å². The predicted octanol–water partition coefficient (Wildman–Crippen LogP) is 1.40. The van der Waals surface area contributed by atoms with Gasteiger partial charge in [-0.15, -0.1) is 0 Å².